The fraction of sp³-hybridized carbons (Fsp3) is 0.793. The first-order valence-electron chi connectivity index (χ1n) is 14.5. The Morgan fingerprint density at radius 2 is 0.912 bits per heavy atom. The molecule has 0 aliphatic rings. The molecule has 0 aliphatic heterocycles. The van der Waals surface area contributed by atoms with Crippen LogP contribution >= 0.6 is 0 Å². The van der Waals surface area contributed by atoms with Crippen molar-refractivity contribution in [2.45, 2.75) is 149 Å². The Labute approximate surface area is 209 Å². The minimum atomic E-state index is -0.382. The first-order chi connectivity index (χ1) is 16.7. The van der Waals surface area contributed by atoms with Gasteiger partial charge < -0.3 is 5.11 Å². The molecule has 0 aliphatic carbocycles. The lowest BCUT2D eigenvalue weighted by molar-refractivity contribution is -0.737. The quantitative estimate of drug-likeness (QED) is 0.160. The minimum absolute atomic E-state index is 0.382. The van der Waals surface area contributed by atoms with E-state index in [4.69, 9.17) is 0 Å². The van der Waals surface area contributed by atoms with Gasteiger partial charge in [-0.1, -0.05) is 90.9 Å². The van der Waals surface area contributed by atoms with Crippen LogP contribution in [0.25, 0.3) is 0 Å². The summed E-state index contributed by atoms with van der Waals surface area (Å²) < 4.78 is 8.76. The molecule has 0 saturated heterocycles. The van der Waals surface area contributed by atoms with E-state index < -0.39 is 0 Å². The molecule has 0 atom stereocenters. The fourth-order valence-corrected chi connectivity index (χ4v) is 4.76. The van der Waals surface area contributed by atoms with Crippen LogP contribution in [0, 0.1) is 0 Å². The van der Waals surface area contributed by atoms with Crippen LogP contribution in [-0.2, 0) is 26.2 Å². The van der Waals surface area contributed by atoms with E-state index in [2.05, 4.69) is 69.6 Å². The molecule has 5 heteroatoms. The van der Waals surface area contributed by atoms with Crippen molar-refractivity contribution < 1.29 is 14.2 Å². The van der Waals surface area contributed by atoms with Gasteiger partial charge in [0.1, 0.15) is 44.0 Å². The molecule has 5 nitrogen and oxygen atoms in total. The summed E-state index contributed by atoms with van der Waals surface area (Å²) in [6.07, 6.45) is 34.0. The number of rotatable bonds is 22. The van der Waals surface area contributed by atoms with Crippen molar-refractivity contribution in [1.82, 2.24) is 9.13 Å². The number of imidazole rings is 2. The average molecular weight is 475 g/mol. The van der Waals surface area contributed by atoms with Gasteiger partial charge in [-0.3, -0.25) is 0 Å². The molecule has 0 radical (unpaired) electrons. The molecule has 1 N–H and O–H groups in total. The lowest BCUT2D eigenvalue weighted by atomic mass is 10.1. The van der Waals surface area contributed by atoms with Gasteiger partial charge in [-0.25, -0.2) is 18.3 Å². The predicted molar refractivity (Wildman–Crippen MR) is 140 cm³/mol. The van der Waals surface area contributed by atoms with Gasteiger partial charge in [0.25, 0.3) is 0 Å². The molecule has 2 aromatic heterocycles. The maximum Gasteiger partial charge on any atom is 0.243 e. The standard InChI is InChI=1S/C29H54N4O/c1-3-5-7-9-11-13-15-17-19-30-21-23-32(27-30)25-29(34)26-33-24-22-31(28-33)20-18-16-14-12-10-8-6-4-2/h21-24,27-29,34H,3-20,25-26H2,1-2H3/q+2. The van der Waals surface area contributed by atoms with Gasteiger partial charge in [0, 0.05) is 0 Å². The second-order valence-corrected chi connectivity index (χ2v) is 10.3. The van der Waals surface area contributed by atoms with E-state index in [1.807, 2.05) is 0 Å². The smallest absolute Gasteiger partial charge is 0.243 e. The summed E-state index contributed by atoms with van der Waals surface area (Å²) in [6.45, 7) is 7.98. The molecule has 2 heterocycles. The van der Waals surface area contributed by atoms with Gasteiger partial charge in [-0.2, -0.15) is 0 Å². The van der Waals surface area contributed by atoms with Crippen LogP contribution in [0.5, 0.6) is 0 Å². The highest BCUT2D eigenvalue weighted by Gasteiger charge is 2.14. The molecule has 194 valence electrons. The van der Waals surface area contributed by atoms with E-state index >= 15 is 0 Å². The zero-order valence-electron chi connectivity index (χ0n) is 22.4. The van der Waals surface area contributed by atoms with Crippen molar-refractivity contribution in [2.75, 3.05) is 0 Å². The molecular formula is C29H54N4O+2. The largest absolute Gasteiger partial charge is 0.385 e. The number of aromatic nitrogens is 4. The number of hydrogen-bond donors (Lipinski definition) is 1. The van der Waals surface area contributed by atoms with Crippen LogP contribution in [0.2, 0.25) is 0 Å². The lowest BCUT2D eigenvalue weighted by Crippen LogP contribution is -2.46. The van der Waals surface area contributed by atoms with E-state index in [1.165, 1.54) is 103 Å². The van der Waals surface area contributed by atoms with Crippen molar-refractivity contribution in [3.8, 4) is 0 Å². The normalized spacial score (nSPS) is 11.6. The van der Waals surface area contributed by atoms with E-state index in [0.29, 0.717) is 13.1 Å². The number of aliphatic hydroxyl groups is 1. The van der Waals surface area contributed by atoms with Crippen LogP contribution in [0.15, 0.2) is 37.4 Å². The Kier molecular flexibility index (Phi) is 15.7. The highest BCUT2D eigenvalue weighted by Crippen LogP contribution is 2.10. The Balaban J connectivity index is 1.55. The molecule has 2 aromatic rings. The van der Waals surface area contributed by atoms with Crippen molar-refractivity contribution in [3.63, 3.8) is 0 Å². The van der Waals surface area contributed by atoms with Gasteiger partial charge in [-0.15, -0.1) is 0 Å². The number of aryl methyl sites for hydroxylation is 2. The summed E-state index contributed by atoms with van der Waals surface area (Å²) in [5, 5.41) is 10.6. The van der Waals surface area contributed by atoms with Gasteiger partial charge in [-0.05, 0) is 25.7 Å². The molecule has 0 spiro atoms. The summed E-state index contributed by atoms with van der Waals surface area (Å²) in [5.74, 6) is 0. The predicted octanol–water partition coefficient (Wildman–Crippen LogP) is 6.21. The van der Waals surface area contributed by atoms with Crippen molar-refractivity contribution >= 4 is 0 Å². The number of nitrogens with zero attached hydrogens (tertiary/aromatic N) is 4. The van der Waals surface area contributed by atoms with Crippen molar-refractivity contribution in [2.24, 2.45) is 0 Å². The van der Waals surface area contributed by atoms with E-state index in [1.54, 1.807) is 0 Å². The fourth-order valence-electron chi connectivity index (χ4n) is 4.76. The van der Waals surface area contributed by atoms with Crippen LogP contribution in [-0.4, -0.2) is 20.3 Å². The zero-order valence-corrected chi connectivity index (χ0v) is 22.4. The first-order valence-corrected chi connectivity index (χ1v) is 14.5. The zero-order chi connectivity index (χ0) is 24.3. The Morgan fingerprint density at radius 1 is 0.559 bits per heavy atom. The molecule has 0 aromatic carbocycles. The second kappa shape index (κ2) is 18.7. The second-order valence-electron chi connectivity index (χ2n) is 10.3. The third-order valence-electron chi connectivity index (χ3n) is 6.88. The van der Waals surface area contributed by atoms with E-state index in [0.717, 1.165) is 13.1 Å². The topological polar surface area (TPSA) is 37.9 Å². The van der Waals surface area contributed by atoms with Crippen molar-refractivity contribution in [1.29, 1.82) is 0 Å². The van der Waals surface area contributed by atoms with Gasteiger partial charge >= 0.3 is 0 Å². The minimum Gasteiger partial charge on any atom is -0.385 e. The van der Waals surface area contributed by atoms with Crippen LogP contribution < -0.4 is 9.13 Å². The molecule has 0 saturated carbocycles. The van der Waals surface area contributed by atoms with Gasteiger partial charge in [0.2, 0.25) is 12.7 Å². The molecule has 34 heavy (non-hydrogen) atoms. The summed E-state index contributed by atoms with van der Waals surface area (Å²) in [4.78, 5) is 0. The highest BCUT2D eigenvalue weighted by molar-refractivity contribution is 4.68. The summed E-state index contributed by atoms with van der Waals surface area (Å²) in [6, 6.07) is 0. The third-order valence-corrected chi connectivity index (χ3v) is 6.88. The number of aliphatic hydroxyl groups excluding tert-OH is 1. The molecule has 0 fully saturated rings. The molecule has 0 amide bonds. The number of hydrogen-bond acceptors (Lipinski definition) is 1. The molecular weight excluding hydrogens is 420 g/mol. The summed E-state index contributed by atoms with van der Waals surface area (Å²) >= 11 is 0. The maximum absolute atomic E-state index is 10.6. The SMILES string of the molecule is CCCCCCCCCCn1cc[n+](CC(O)C[n+]2ccn(CCCCCCCCCC)c2)c1. The monoisotopic (exact) mass is 474 g/mol. The maximum atomic E-state index is 10.6. The van der Waals surface area contributed by atoms with Crippen molar-refractivity contribution in [3.05, 3.63) is 37.4 Å². The van der Waals surface area contributed by atoms with E-state index in [9.17, 15) is 5.11 Å². The molecule has 2 rings (SSSR count). The Morgan fingerprint density at radius 3 is 1.29 bits per heavy atom. The average Bonchev–Trinajstić information content (AvgIpc) is 3.46. The van der Waals surface area contributed by atoms with Gasteiger partial charge in [0.05, 0.1) is 13.1 Å². The summed E-state index contributed by atoms with van der Waals surface area (Å²) in [5.41, 5.74) is 0. The molecule has 0 bridgehead atoms. The van der Waals surface area contributed by atoms with Crippen LogP contribution in [0.4, 0.5) is 0 Å². The van der Waals surface area contributed by atoms with Gasteiger partial charge in [0.15, 0.2) is 0 Å². The third kappa shape index (κ3) is 13.3. The highest BCUT2D eigenvalue weighted by atomic mass is 16.3. The summed E-state index contributed by atoms with van der Waals surface area (Å²) in [7, 11) is 0. The molecule has 0 unspecified atom stereocenters. The first kappa shape index (κ1) is 28.6. The van der Waals surface area contributed by atoms with E-state index in [-0.39, 0.29) is 6.10 Å². The Bertz CT molecular complexity index is 663. The Hall–Kier alpha value is -1.62. The lowest BCUT2D eigenvalue weighted by Gasteiger charge is -2.05. The van der Waals surface area contributed by atoms with Crippen LogP contribution in [0.3, 0.4) is 0 Å². The van der Waals surface area contributed by atoms with Crippen LogP contribution in [0.1, 0.15) is 117 Å². The number of unbranched alkanes of at least 4 members (excludes halogenated alkanes) is 14.